The Morgan fingerprint density at radius 1 is 1.31 bits per heavy atom. The Morgan fingerprint density at radius 2 is 2.08 bits per heavy atom. The highest BCUT2D eigenvalue weighted by atomic mass is 79.9. The van der Waals surface area contributed by atoms with Crippen LogP contribution in [0.2, 0.25) is 0 Å². The van der Waals surface area contributed by atoms with E-state index in [1.54, 1.807) is 6.26 Å². The quantitative estimate of drug-likeness (QED) is 0.670. The van der Waals surface area contributed by atoms with E-state index in [2.05, 4.69) is 41.9 Å². The van der Waals surface area contributed by atoms with Crippen molar-refractivity contribution in [2.24, 2.45) is 0 Å². The zero-order valence-corrected chi connectivity index (χ0v) is 9.26. The topological polar surface area (TPSA) is 9.23 Å². The van der Waals surface area contributed by atoms with E-state index in [4.69, 9.17) is 4.74 Å². The van der Waals surface area contributed by atoms with Gasteiger partial charge in [-0.1, -0.05) is 22.0 Å². The molecule has 0 aliphatic carbocycles. The van der Waals surface area contributed by atoms with E-state index < -0.39 is 0 Å². The number of halogens is 1. The van der Waals surface area contributed by atoms with Gasteiger partial charge >= 0.3 is 0 Å². The largest absolute Gasteiger partial charge is 0.491 e. The number of hydrogen-bond donors (Lipinski definition) is 0. The first-order valence-corrected chi connectivity index (χ1v) is 5.03. The molecule has 1 heterocycles. The van der Waals surface area contributed by atoms with Gasteiger partial charge in [0.25, 0.3) is 0 Å². The van der Waals surface area contributed by atoms with Gasteiger partial charge in [0.05, 0.1) is 6.26 Å². The molecule has 0 aromatic heterocycles. The van der Waals surface area contributed by atoms with E-state index in [0.717, 1.165) is 4.47 Å². The summed E-state index contributed by atoms with van der Waals surface area (Å²) in [6.07, 6.45) is 3.75. The van der Waals surface area contributed by atoms with Crippen LogP contribution >= 0.6 is 15.9 Å². The number of rotatable bonds is 0. The van der Waals surface area contributed by atoms with Crippen LogP contribution in [0.4, 0.5) is 0 Å². The van der Waals surface area contributed by atoms with Crippen molar-refractivity contribution in [3.63, 3.8) is 0 Å². The number of fused-ring (bicyclic) bond motifs is 1. The second kappa shape index (κ2) is 2.88. The van der Waals surface area contributed by atoms with Crippen LogP contribution in [-0.2, 0) is 10.3 Å². The molecule has 0 saturated heterocycles. The third-order valence-electron chi connectivity index (χ3n) is 2.27. The fraction of sp³-hybridized carbons (Fsp3) is 0.273. The lowest BCUT2D eigenvalue weighted by atomic mass is 9.91. The summed E-state index contributed by atoms with van der Waals surface area (Å²) in [6, 6.07) is 6.25. The van der Waals surface area contributed by atoms with Crippen molar-refractivity contribution in [2.75, 3.05) is 0 Å². The van der Waals surface area contributed by atoms with Crippen molar-refractivity contribution >= 4 is 22.0 Å². The first kappa shape index (κ1) is 8.82. The molecule has 1 aromatic rings. The molecule has 0 radical (unpaired) electrons. The molecule has 0 atom stereocenters. The summed E-state index contributed by atoms with van der Waals surface area (Å²) in [5.74, 6) is 0. The first-order chi connectivity index (χ1) is 6.09. The van der Waals surface area contributed by atoms with Gasteiger partial charge < -0.3 is 4.74 Å². The van der Waals surface area contributed by atoms with Crippen LogP contribution in [0.25, 0.3) is 6.08 Å². The fourth-order valence-electron chi connectivity index (χ4n) is 1.56. The van der Waals surface area contributed by atoms with E-state index in [1.165, 1.54) is 11.1 Å². The SMILES string of the molecule is CC1(C)OC=Cc2cc(Br)ccc21. The Morgan fingerprint density at radius 3 is 2.85 bits per heavy atom. The molecule has 1 aliphatic heterocycles. The highest BCUT2D eigenvalue weighted by Crippen LogP contribution is 2.33. The molecular weight excluding hydrogens is 228 g/mol. The molecule has 0 bridgehead atoms. The second-order valence-electron chi connectivity index (χ2n) is 3.66. The predicted octanol–water partition coefficient (Wildman–Crippen LogP) is 3.69. The van der Waals surface area contributed by atoms with Gasteiger partial charge in [0.1, 0.15) is 5.60 Å². The lowest BCUT2D eigenvalue weighted by Crippen LogP contribution is -2.22. The molecule has 0 unspecified atom stereocenters. The minimum atomic E-state index is -0.204. The molecule has 68 valence electrons. The lowest BCUT2D eigenvalue weighted by Gasteiger charge is -2.29. The molecule has 2 rings (SSSR count). The van der Waals surface area contributed by atoms with Crippen LogP contribution in [0.5, 0.6) is 0 Å². The van der Waals surface area contributed by atoms with Crippen molar-refractivity contribution in [3.05, 3.63) is 40.1 Å². The van der Waals surface area contributed by atoms with Crippen molar-refractivity contribution in [1.29, 1.82) is 0 Å². The highest BCUT2D eigenvalue weighted by Gasteiger charge is 2.25. The van der Waals surface area contributed by atoms with Gasteiger partial charge in [-0.15, -0.1) is 0 Å². The van der Waals surface area contributed by atoms with Gasteiger partial charge in [0, 0.05) is 10.0 Å². The van der Waals surface area contributed by atoms with Crippen LogP contribution < -0.4 is 0 Å². The second-order valence-corrected chi connectivity index (χ2v) is 4.58. The Bertz CT molecular complexity index is 366. The van der Waals surface area contributed by atoms with Crippen molar-refractivity contribution in [1.82, 2.24) is 0 Å². The first-order valence-electron chi connectivity index (χ1n) is 4.24. The van der Waals surface area contributed by atoms with E-state index >= 15 is 0 Å². The van der Waals surface area contributed by atoms with Crippen LogP contribution in [0.1, 0.15) is 25.0 Å². The molecule has 0 amide bonds. The average Bonchev–Trinajstić information content (AvgIpc) is 2.02. The van der Waals surface area contributed by atoms with Crippen molar-refractivity contribution < 1.29 is 4.74 Å². The molecule has 0 saturated carbocycles. The van der Waals surface area contributed by atoms with E-state index in [-0.39, 0.29) is 5.60 Å². The predicted molar refractivity (Wildman–Crippen MR) is 57.3 cm³/mol. The highest BCUT2D eigenvalue weighted by molar-refractivity contribution is 9.10. The molecule has 1 aromatic carbocycles. The third kappa shape index (κ3) is 1.51. The minimum Gasteiger partial charge on any atom is -0.491 e. The monoisotopic (exact) mass is 238 g/mol. The summed E-state index contributed by atoms with van der Waals surface area (Å²) in [7, 11) is 0. The lowest BCUT2D eigenvalue weighted by molar-refractivity contribution is 0.0531. The van der Waals surface area contributed by atoms with Crippen LogP contribution in [-0.4, -0.2) is 0 Å². The van der Waals surface area contributed by atoms with Crippen LogP contribution in [0.3, 0.4) is 0 Å². The summed E-state index contributed by atoms with van der Waals surface area (Å²) in [4.78, 5) is 0. The standard InChI is InChI=1S/C11H11BrO/c1-11(2)10-4-3-9(12)7-8(10)5-6-13-11/h3-7H,1-2H3. The number of benzene rings is 1. The van der Waals surface area contributed by atoms with Crippen LogP contribution in [0.15, 0.2) is 28.9 Å². The molecule has 0 spiro atoms. The fourth-order valence-corrected chi connectivity index (χ4v) is 1.94. The maximum Gasteiger partial charge on any atom is 0.128 e. The summed E-state index contributed by atoms with van der Waals surface area (Å²) >= 11 is 3.45. The van der Waals surface area contributed by atoms with Crippen molar-refractivity contribution in [3.8, 4) is 0 Å². The zero-order valence-electron chi connectivity index (χ0n) is 7.67. The normalized spacial score (nSPS) is 17.8. The van der Waals surface area contributed by atoms with Gasteiger partial charge in [0.2, 0.25) is 0 Å². The van der Waals surface area contributed by atoms with Gasteiger partial charge in [-0.3, -0.25) is 0 Å². The average molecular weight is 239 g/mol. The van der Waals surface area contributed by atoms with Crippen molar-refractivity contribution in [2.45, 2.75) is 19.4 Å². The molecule has 1 aliphatic rings. The summed E-state index contributed by atoms with van der Waals surface area (Å²) in [5, 5.41) is 0. The maximum atomic E-state index is 5.54. The summed E-state index contributed by atoms with van der Waals surface area (Å²) < 4.78 is 6.64. The van der Waals surface area contributed by atoms with E-state index in [1.807, 2.05) is 12.1 Å². The molecule has 13 heavy (non-hydrogen) atoms. The maximum absolute atomic E-state index is 5.54. The molecule has 2 heteroatoms. The molecule has 0 fully saturated rings. The van der Waals surface area contributed by atoms with Gasteiger partial charge in [-0.05, 0) is 37.6 Å². The number of hydrogen-bond acceptors (Lipinski definition) is 1. The van der Waals surface area contributed by atoms with Gasteiger partial charge in [-0.25, -0.2) is 0 Å². The third-order valence-corrected chi connectivity index (χ3v) is 2.77. The molecule has 1 nitrogen and oxygen atoms in total. The summed E-state index contributed by atoms with van der Waals surface area (Å²) in [5.41, 5.74) is 2.26. The Labute approximate surface area is 86.5 Å². The Kier molecular flexibility index (Phi) is 1.95. The Hall–Kier alpha value is -0.760. The van der Waals surface area contributed by atoms with Gasteiger partial charge in [0.15, 0.2) is 0 Å². The molecule has 0 N–H and O–H groups in total. The number of ether oxygens (including phenoxy) is 1. The minimum absolute atomic E-state index is 0.204. The van der Waals surface area contributed by atoms with Gasteiger partial charge in [-0.2, -0.15) is 0 Å². The van der Waals surface area contributed by atoms with Crippen LogP contribution in [0, 0.1) is 0 Å². The summed E-state index contributed by atoms with van der Waals surface area (Å²) in [6.45, 7) is 4.15. The zero-order chi connectivity index (χ0) is 9.47. The Balaban J connectivity index is 2.61. The van der Waals surface area contributed by atoms with E-state index in [9.17, 15) is 0 Å². The van der Waals surface area contributed by atoms with E-state index in [0.29, 0.717) is 0 Å². The molecular formula is C11H11BrO. The smallest absolute Gasteiger partial charge is 0.128 e.